The van der Waals surface area contributed by atoms with Crippen LogP contribution in [0.5, 0.6) is 0 Å². The van der Waals surface area contributed by atoms with Gasteiger partial charge in [-0.25, -0.2) is 19.4 Å². The van der Waals surface area contributed by atoms with Crippen LogP contribution in [0.15, 0.2) is 47.6 Å². The lowest BCUT2D eigenvalue weighted by atomic mass is 10.1. The summed E-state index contributed by atoms with van der Waals surface area (Å²) in [5, 5.41) is 0.600. The fourth-order valence-corrected chi connectivity index (χ4v) is 3.18. The number of imidazole rings is 1. The van der Waals surface area contributed by atoms with Crippen LogP contribution < -0.4 is 0 Å². The summed E-state index contributed by atoms with van der Waals surface area (Å²) in [6.45, 7) is 0. The number of aliphatic imine (C=N–C) groups is 1. The van der Waals surface area contributed by atoms with Crippen LogP contribution in [-0.4, -0.2) is 31.7 Å². The number of H-pyrrole nitrogens is 1. The van der Waals surface area contributed by atoms with Gasteiger partial charge in [0.2, 0.25) is 0 Å². The van der Waals surface area contributed by atoms with Crippen molar-refractivity contribution in [1.29, 1.82) is 0 Å². The number of hydrogen-bond donors (Lipinski definition) is 1. The van der Waals surface area contributed by atoms with Crippen molar-refractivity contribution in [3.63, 3.8) is 0 Å². The average molecular weight is 338 g/mol. The van der Waals surface area contributed by atoms with Crippen molar-refractivity contribution in [3.8, 4) is 0 Å². The second kappa shape index (κ2) is 6.01. The minimum atomic E-state index is -0.301. The van der Waals surface area contributed by atoms with Gasteiger partial charge in [0.05, 0.1) is 16.8 Å². The van der Waals surface area contributed by atoms with Crippen LogP contribution in [0.25, 0.3) is 22.8 Å². The molecule has 5 nitrogen and oxygen atoms in total. The monoisotopic (exact) mass is 338 g/mol. The molecule has 0 spiro atoms. The van der Waals surface area contributed by atoms with E-state index in [1.54, 1.807) is 18.3 Å². The Hall–Kier alpha value is -2.80. The molecular formula is C17H11FN4OS. The van der Waals surface area contributed by atoms with Gasteiger partial charge in [0.25, 0.3) is 5.91 Å². The van der Waals surface area contributed by atoms with Crippen molar-refractivity contribution in [1.82, 2.24) is 15.0 Å². The number of rotatable bonds is 3. The first-order valence-corrected chi connectivity index (χ1v) is 8.21. The minimum absolute atomic E-state index is 0.172. The van der Waals surface area contributed by atoms with Gasteiger partial charge in [0.1, 0.15) is 16.7 Å². The summed E-state index contributed by atoms with van der Waals surface area (Å²) in [7, 11) is 0. The van der Waals surface area contributed by atoms with Crippen LogP contribution in [0.3, 0.4) is 0 Å². The van der Waals surface area contributed by atoms with Gasteiger partial charge in [-0.3, -0.25) is 4.79 Å². The topological polar surface area (TPSA) is 71.0 Å². The summed E-state index contributed by atoms with van der Waals surface area (Å²) in [5.74, 6) is 0.418. The van der Waals surface area contributed by atoms with Crippen LogP contribution >= 0.6 is 11.8 Å². The van der Waals surface area contributed by atoms with Crippen LogP contribution in [0, 0.1) is 5.82 Å². The summed E-state index contributed by atoms with van der Waals surface area (Å²) in [4.78, 5) is 27.5. The molecule has 0 aliphatic carbocycles. The van der Waals surface area contributed by atoms with E-state index in [1.165, 1.54) is 23.9 Å². The normalized spacial score (nSPS) is 15.1. The third kappa shape index (κ3) is 2.85. The molecule has 1 aliphatic heterocycles. The predicted octanol–water partition coefficient (Wildman–Crippen LogP) is 3.31. The first kappa shape index (κ1) is 14.8. The summed E-state index contributed by atoms with van der Waals surface area (Å²) < 4.78 is 13.1. The fourth-order valence-electron chi connectivity index (χ4n) is 2.38. The van der Waals surface area contributed by atoms with E-state index in [2.05, 4.69) is 19.9 Å². The number of halogens is 1. The van der Waals surface area contributed by atoms with Crippen molar-refractivity contribution >= 4 is 45.5 Å². The molecule has 1 N–H and O–H groups in total. The molecule has 3 heterocycles. The van der Waals surface area contributed by atoms with Crippen LogP contribution in [0.1, 0.15) is 11.4 Å². The maximum atomic E-state index is 13.1. The Bertz CT molecular complexity index is 958. The summed E-state index contributed by atoms with van der Waals surface area (Å²) in [5.41, 5.74) is 2.87. The van der Waals surface area contributed by atoms with Gasteiger partial charge in [-0.2, -0.15) is 0 Å². The van der Waals surface area contributed by atoms with E-state index in [1.807, 2.05) is 18.2 Å². The molecular weight excluding hydrogens is 327 g/mol. The molecule has 2 aromatic heterocycles. The second-order valence-electron chi connectivity index (χ2n) is 5.17. The van der Waals surface area contributed by atoms with Crippen molar-refractivity contribution < 1.29 is 9.18 Å². The zero-order valence-electron chi connectivity index (χ0n) is 12.4. The summed E-state index contributed by atoms with van der Waals surface area (Å²) >= 11 is 1.36. The molecule has 0 saturated heterocycles. The Kier molecular flexibility index (Phi) is 3.70. The van der Waals surface area contributed by atoms with Crippen LogP contribution in [0.4, 0.5) is 4.39 Å². The third-order valence-electron chi connectivity index (χ3n) is 3.48. The predicted molar refractivity (Wildman–Crippen MR) is 93.1 cm³/mol. The largest absolute Gasteiger partial charge is 0.336 e. The smallest absolute Gasteiger partial charge is 0.257 e. The number of aromatic amines is 1. The lowest BCUT2D eigenvalue weighted by Gasteiger charge is -2.03. The molecule has 0 unspecified atom stereocenters. The molecule has 7 heteroatoms. The van der Waals surface area contributed by atoms with Crippen molar-refractivity contribution in [2.24, 2.45) is 4.99 Å². The molecule has 4 rings (SSSR count). The Morgan fingerprint density at radius 1 is 1.25 bits per heavy atom. The highest BCUT2D eigenvalue weighted by Crippen LogP contribution is 2.28. The number of nitrogens with zero attached hydrogens (tertiary/aromatic N) is 3. The minimum Gasteiger partial charge on any atom is -0.336 e. The van der Waals surface area contributed by atoms with Crippen LogP contribution in [0.2, 0.25) is 0 Å². The first-order valence-electron chi connectivity index (χ1n) is 7.22. The van der Waals surface area contributed by atoms with E-state index in [0.29, 0.717) is 27.8 Å². The number of pyridine rings is 1. The lowest BCUT2D eigenvalue weighted by molar-refractivity contribution is -0.115. The van der Waals surface area contributed by atoms with E-state index in [0.717, 1.165) is 11.1 Å². The maximum absolute atomic E-state index is 13.1. The Balaban J connectivity index is 1.85. The molecule has 3 aromatic rings. The zero-order valence-corrected chi connectivity index (χ0v) is 13.2. The Labute approximate surface area is 140 Å². The third-order valence-corrected chi connectivity index (χ3v) is 4.46. The summed E-state index contributed by atoms with van der Waals surface area (Å²) in [6, 6.07) is 9.80. The highest BCUT2D eigenvalue weighted by atomic mass is 32.2. The zero-order chi connectivity index (χ0) is 16.5. The van der Waals surface area contributed by atoms with Crippen molar-refractivity contribution in [2.75, 3.05) is 5.75 Å². The number of thioether (sulfide) groups is 1. The van der Waals surface area contributed by atoms with Crippen LogP contribution in [-0.2, 0) is 4.79 Å². The molecule has 118 valence electrons. The van der Waals surface area contributed by atoms with Gasteiger partial charge in [-0.05, 0) is 35.9 Å². The number of nitrogens with one attached hydrogen (secondary N) is 1. The number of fused-ring (bicyclic) bond motifs is 1. The summed E-state index contributed by atoms with van der Waals surface area (Å²) in [6.07, 6.45) is 3.50. The van der Waals surface area contributed by atoms with Gasteiger partial charge < -0.3 is 4.98 Å². The lowest BCUT2D eigenvalue weighted by Crippen LogP contribution is -1.97. The first-order chi connectivity index (χ1) is 11.7. The van der Waals surface area contributed by atoms with Crippen molar-refractivity contribution in [2.45, 2.75) is 0 Å². The Morgan fingerprint density at radius 3 is 2.79 bits per heavy atom. The number of hydrogen-bond acceptors (Lipinski definition) is 4. The maximum Gasteiger partial charge on any atom is 0.257 e. The Morgan fingerprint density at radius 2 is 2.08 bits per heavy atom. The van der Waals surface area contributed by atoms with Gasteiger partial charge >= 0.3 is 0 Å². The molecule has 1 amide bonds. The van der Waals surface area contributed by atoms with E-state index in [-0.39, 0.29) is 11.7 Å². The molecule has 1 aliphatic rings. The van der Waals surface area contributed by atoms with Gasteiger partial charge in [0.15, 0.2) is 5.65 Å². The van der Waals surface area contributed by atoms with Gasteiger partial charge in [-0.1, -0.05) is 23.9 Å². The number of amides is 1. The fraction of sp³-hybridized carbons (Fsp3) is 0.0588. The van der Waals surface area contributed by atoms with Gasteiger partial charge in [0, 0.05) is 6.20 Å². The molecule has 0 radical (unpaired) electrons. The highest BCUT2D eigenvalue weighted by molar-refractivity contribution is 8.16. The van der Waals surface area contributed by atoms with E-state index in [4.69, 9.17) is 0 Å². The van der Waals surface area contributed by atoms with Crippen molar-refractivity contribution in [3.05, 3.63) is 59.8 Å². The number of aromatic nitrogens is 3. The highest BCUT2D eigenvalue weighted by Gasteiger charge is 2.22. The second-order valence-corrected chi connectivity index (χ2v) is 6.13. The quantitative estimate of drug-likeness (QED) is 0.795. The van der Waals surface area contributed by atoms with E-state index in [9.17, 15) is 9.18 Å². The number of benzene rings is 1. The average Bonchev–Trinajstić information content (AvgIpc) is 3.20. The SMILES string of the molecule is O=C1CSC(/C(=C\c2ccc(F)cc2)c2nc3ncccc3[nH]2)=N1. The number of carbonyl (C=O) groups excluding carboxylic acids is 1. The van der Waals surface area contributed by atoms with E-state index >= 15 is 0 Å². The standard InChI is InChI=1S/C17H11FN4OS/c18-11-5-3-10(4-6-11)8-12(17-21-14(23)9-24-17)15-20-13-2-1-7-19-16(13)22-15/h1-8H,9H2,(H,19,20,22)/b12-8-. The molecule has 0 bridgehead atoms. The molecule has 24 heavy (non-hydrogen) atoms. The molecule has 1 aromatic carbocycles. The van der Waals surface area contributed by atoms with Gasteiger partial charge in [-0.15, -0.1) is 0 Å². The molecule has 0 atom stereocenters. The molecule has 0 fully saturated rings. The molecule has 0 saturated carbocycles. The number of carbonyl (C=O) groups is 1. The van der Waals surface area contributed by atoms with E-state index < -0.39 is 0 Å².